The standard InChI is InChI=1S/C13H19N3/c1-3-4-5-11(14)12-9-15-13-8-10(2)6-7-16(12)13/h6-9,11H,3-5,14H2,1-2H3. The molecule has 2 aromatic heterocycles. The van der Waals surface area contributed by atoms with Gasteiger partial charge in [0.05, 0.1) is 11.9 Å². The molecule has 0 radical (unpaired) electrons. The summed E-state index contributed by atoms with van der Waals surface area (Å²) in [5.41, 5.74) is 9.50. The van der Waals surface area contributed by atoms with Gasteiger partial charge < -0.3 is 10.1 Å². The van der Waals surface area contributed by atoms with E-state index in [1.54, 1.807) is 0 Å². The number of hydrogen-bond donors (Lipinski definition) is 1. The topological polar surface area (TPSA) is 43.3 Å². The van der Waals surface area contributed by atoms with Gasteiger partial charge in [-0.2, -0.15) is 0 Å². The highest BCUT2D eigenvalue weighted by Gasteiger charge is 2.10. The second-order valence-electron chi connectivity index (χ2n) is 4.36. The van der Waals surface area contributed by atoms with Crippen LogP contribution < -0.4 is 5.73 Å². The summed E-state index contributed by atoms with van der Waals surface area (Å²) in [6, 6.07) is 4.26. The van der Waals surface area contributed by atoms with Crippen LogP contribution in [0.5, 0.6) is 0 Å². The van der Waals surface area contributed by atoms with E-state index in [4.69, 9.17) is 5.73 Å². The largest absolute Gasteiger partial charge is 0.323 e. The molecule has 1 atom stereocenters. The van der Waals surface area contributed by atoms with E-state index in [-0.39, 0.29) is 6.04 Å². The van der Waals surface area contributed by atoms with Crippen molar-refractivity contribution in [2.45, 2.75) is 39.2 Å². The highest BCUT2D eigenvalue weighted by Crippen LogP contribution is 2.18. The fourth-order valence-electron chi connectivity index (χ4n) is 1.95. The molecule has 2 N–H and O–H groups in total. The van der Waals surface area contributed by atoms with Crippen LogP contribution in [0.3, 0.4) is 0 Å². The van der Waals surface area contributed by atoms with Crippen LogP contribution in [-0.4, -0.2) is 9.38 Å². The number of nitrogens with zero attached hydrogens (tertiary/aromatic N) is 2. The molecule has 0 saturated heterocycles. The van der Waals surface area contributed by atoms with Crippen LogP contribution in [0.4, 0.5) is 0 Å². The lowest BCUT2D eigenvalue weighted by molar-refractivity contribution is 0.587. The van der Waals surface area contributed by atoms with Crippen LogP contribution in [0.1, 0.15) is 43.5 Å². The first kappa shape index (κ1) is 11.1. The zero-order chi connectivity index (χ0) is 11.5. The van der Waals surface area contributed by atoms with Gasteiger partial charge in [-0.25, -0.2) is 4.98 Å². The lowest BCUT2D eigenvalue weighted by Gasteiger charge is -2.10. The average Bonchev–Trinajstić information content (AvgIpc) is 2.68. The quantitative estimate of drug-likeness (QED) is 0.855. The number of nitrogens with two attached hydrogens (primary N) is 1. The van der Waals surface area contributed by atoms with Crippen molar-refractivity contribution in [2.24, 2.45) is 5.73 Å². The summed E-state index contributed by atoms with van der Waals surface area (Å²) >= 11 is 0. The van der Waals surface area contributed by atoms with Crippen molar-refractivity contribution in [2.75, 3.05) is 0 Å². The second kappa shape index (κ2) is 4.66. The van der Waals surface area contributed by atoms with Crippen LogP contribution in [-0.2, 0) is 0 Å². The maximum atomic E-state index is 6.17. The van der Waals surface area contributed by atoms with Crippen molar-refractivity contribution in [3.63, 3.8) is 0 Å². The van der Waals surface area contributed by atoms with Gasteiger partial charge >= 0.3 is 0 Å². The predicted molar refractivity (Wildman–Crippen MR) is 66.4 cm³/mol. The Morgan fingerprint density at radius 3 is 3.06 bits per heavy atom. The van der Waals surface area contributed by atoms with Gasteiger partial charge in [-0.15, -0.1) is 0 Å². The molecular formula is C13H19N3. The van der Waals surface area contributed by atoms with Gasteiger partial charge in [-0.3, -0.25) is 0 Å². The smallest absolute Gasteiger partial charge is 0.137 e. The summed E-state index contributed by atoms with van der Waals surface area (Å²) in [5.74, 6) is 0. The van der Waals surface area contributed by atoms with E-state index in [0.717, 1.165) is 17.8 Å². The van der Waals surface area contributed by atoms with Crippen LogP contribution in [0.2, 0.25) is 0 Å². The third kappa shape index (κ3) is 2.09. The summed E-state index contributed by atoms with van der Waals surface area (Å²) in [7, 11) is 0. The number of hydrogen-bond acceptors (Lipinski definition) is 2. The minimum atomic E-state index is 0.0951. The van der Waals surface area contributed by atoms with Crippen molar-refractivity contribution < 1.29 is 0 Å². The lowest BCUT2D eigenvalue weighted by Crippen LogP contribution is -2.12. The van der Waals surface area contributed by atoms with Gasteiger partial charge in [0.1, 0.15) is 5.65 Å². The molecule has 2 heterocycles. The first-order chi connectivity index (χ1) is 7.72. The maximum absolute atomic E-state index is 6.17. The molecular weight excluding hydrogens is 198 g/mol. The fraction of sp³-hybridized carbons (Fsp3) is 0.462. The lowest BCUT2D eigenvalue weighted by atomic mass is 10.1. The molecule has 16 heavy (non-hydrogen) atoms. The molecule has 0 aliphatic rings. The molecule has 0 aliphatic heterocycles. The molecule has 86 valence electrons. The minimum Gasteiger partial charge on any atom is -0.323 e. The second-order valence-corrected chi connectivity index (χ2v) is 4.36. The van der Waals surface area contributed by atoms with E-state index in [9.17, 15) is 0 Å². The number of rotatable bonds is 4. The van der Waals surface area contributed by atoms with Gasteiger partial charge in [-0.05, 0) is 31.0 Å². The molecule has 0 aliphatic carbocycles. The van der Waals surface area contributed by atoms with Crippen LogP contribution in [0, 0.1) is 6.92 Å². The Hall–Kier alpha value is -1.35. The van der Waals surface area contributed by atoms with Gasteiger partial charge in [0.15, 0.2) is 0 Å². The predicted octanol–water partition coefficient (Wildman–Crippen LogP) is 2.83. The SMILES string of the molecule is CCCCC(N)c1cnc2cc(C)ccn12. The van der Waals surface area contributed by atoms with E-state index >= 15 is 0 Å². The molecule has 0 bridgehead atoms. The van der Waals surface area contributed by atoms with E-state index < -0.39 is 0 Å². The zero-order valence-corrected chi connectivity index (χ0v) is 9.98. The molecule has 1 unspecified atom stereocenters. The third-order valence-electron chi connectivity index (χ3n) is 2.95. The molecule has 3 heteroatoms. The van der Waals surface area contributed by atoms with Crippen molar-refractivity contribution in [3.05, 3.63) is 35.8 Å². The first-order valence-electron chi connectivity index (χ1n) is 5.91. The Balaban J connectivity index is 2.31. The first-order valence-corrected chi connectivity index (χ1v) is 5.91. The van der Waals surface area contributed by atoms with E-state index in [0.29, 0.717) is 0 Å². The zero-order valence-electron chi connectivity index (χ0n) is 9.98. The number of unbranched alkanes of at least 4 members (excludes halogenated alkanes) is 1. The molecule has 0 aromatic carbocycles. The maximum Gasteiger partial charge on any atom is 0.137 e. The number of fused-ring (bicyclic) bond motifs is 1. The summed E-state index contributed by atoms with van der Waals surface area (Å²) in [6.45, 7) is 4.26. The number of aromatic nitrogens is 2. The van der Waals surface area contributed by atoms with Crippen LogP contribution in [0.15, 0.2) is 24.5 Å². The molecule has 0 spiro atoms. The Kier molecular flexibility index (Phi) is 3.25. The molecule has 0 fully saturated rings. The molecule has 3 nitrogen and oxygen atoms in total. The Morgan fingerprint density at radius 1 is 1.50 bits per heavy atom. The molecule has 0 saturated carbocycles. The fourth-order valence-corrected chi connectivity index (χ4v) is 1.95. The highest BCUT2D eigenvalue weighted by atomic mass is 15.0. The Labute approximate surface area is 96.3 Å². The van der Waals surface area contributed by atoms with E-state index in [1.165, 1.54) is 18.4 Å². The third-order valence-corrected chi connectivity index (χ3v) is 2.95. The van der Waals surface area contributed by atoms with Crippen LogP contribution in [0.25, 0.3) is 5.65 Å². The number of imidazole rings is 1. The average molecular weight is 217 g/mol. The van der Waals surface area contributed by atoms with Crippen molar-refractivity contribution in [3.8, 4) is 0 Å². The van der Waals surface area contributed by atoms with Crippen molar-refractivity contribution >= 4 is 5.65 Å². The highest BCUT2D eigenvalue weighted by molar-refractivity contribution is 5.43. The number of aryl methyl sites for hydroxylation is 1. The minimum absolute atomic E-state index is 0.0951. The van der Waals surface area contributed by atoms with Gasteiger partial charge in [0.2, 0.25) is 0 Å². The molecule has 2 aromatic rings. The molecule has 0 amide bonds. The summed E-state index contributed by atoms with van der Waals surface area (Å²) < 4.78 is 2.09. The summed E-state index contributed by atoms with van der Waals surface area (Å²) in [5, 5.41) is 0. The van der Waals surface area contributed by atoms with Crippen molar-refractivity contribution in [1.29, 1.82) is 0 Å². The molecule has 2 rings (SSSR count). The van der Waals surface area contributed by atoms with Crippen LogP contribution >= 0.6 is 0 Å². The Morgan fingerprint density at radius 2 is 2.31 bits per heavy atom. The van der Waals surface area contributed by atoms with Crippen molar-refractivity contribution in [1.82, 2.24) is 9.38 Å². The van der Waals surface area contributed by atoms with E-state index in [2.05, 4.69) is 41.6 Å². The number of pyridine rings is 1. The summed E-state index contributed by atoms with van der Waals surface area (Å²) in [6.07, 6.45) is 7.33. The van der Waals surface area contributed by atoms with Gasteiger partial charge in [0.25, 0.3) is 0 Å². The normalized spacial score (nSPS) is 13.2. The summed E-state index contributed by atoms with van der Waals surface area (Å²) in [4.78, 5) is 4.39. The monoisotopic (exact) mass is 217 g/mol. The van der Waals surface area contributed by atoms with Gasteiger partial charge in [-0.1, -0.05) is 19.8 Å². The Bertz CT molecular complexity index is 473. The van der Waals surface area contributed by atoms with E-state index in [1.807, 2.05) is 6.20 Å². The van der Waals surface area contributed by atoms with Gasteiger partial charge in [0, 0.05) is 12.2 Å².